The van der Waals surface area contributed by atoms with Crippen molar-refractivity contribution >= 4 is 5.82 Å². The number of benzene rings is 1. The van der Waals surface area contributed by atoms with E-state index in [4.69, 9.17) is 5.73 Å². The molecule has 27 heavy (non-hydrogen) atoms. The Kier molecular flexibility index (Phi) is 5.41. The van der Waals surface area contributed by atoms with Gasteiger partial charge in [0.2, 0.25) is 0 Å². The van der Waals surface area contributed by atoms with Crippen molar-refractivity contribution in [2.24, 2.45) is 12.8 Å². The second-order valence-corrected chi connectivity index (χ2v) is 6.87. The first-order valence-corrected chi connectivity index (χ1v) is 9.02. The third kappa shape index (κ3) is 4.25. The topological polar surface area (TPSA) is 93.1 Å². The molecule has 0 saturated heterocycles. The van der Waals surface area contributed by atoms with E-state index >= 15 is 0 Å². The van der Waals surface area contributed by atoms with Crippen LogP contribution in [0, 0.1) is 6.92 Å². The molecule has 0 aliphatic carbocycles. The molecule has 0 saturated carbocycles. The van der Waals surface area contributed by atoms with Gasteiger partial charge in [-0.3, -0.25) is 4.68 Å². The Balaban J connectivity index is 2.01. The standard InChI is InChI=1S/C20H26N6O/c1-5-16(21)12-25(3)19-8-13(2)23-20(24-19)17-9-14(6-7-18(17)27)15-10-22-26(4)11-15/h6-11,16,27H,5,12,21H2,1-4H3. The van der Waals surface area contributed by atoms with Crippen LogP contribution in [-0.4, -0.2) is 44.5 Å². The SMILES string of the molecule is CCC(N)CN(C)c1cc(C)nc(-c2cc(-c3cnn(C)c3)ccc2O)n1. The minimum absolute atomic E-state index is 0.0797. The molecule has 0 aliphatic rings. The summed E-state index contributed by atoms with van der Waals surface area (Å²) in [6.07, 6.45) is 4.62. The predicted molar refractivity (Wildman–Crippen MR) is 108 cm³/mol. The zero-order chi connectivity index (χ0) is 19.6. The van der Waals surface area contributed by atoms with E-state index in [2.05, 4.69) is 22.0 Å². The van der Waals surface area contributed by atoms with Gasteiger partial charge in [-0.2, -0.15) is 5.10 Å². The fourth-order valence-electron chi connectivity index (χ4n) is 2.91. The Morgan fingerprint density at radius 3 is 2.67 bits per heavy atom. The molecule has 7 nitrogen and oxygen atoms in total. The van der Waals surface area contributed by atoms with Crippen molar-refractivity contribution in [3.8, 4) is 28.3 Å². The molecule has 0 bridgehead atoms. The first-order valence-electron chi connectivity index (χ1n) is 9.02. The number of aryl methyl sites for hydroxylation is 2. The van der Waals surface area contributed by atoms with E-state index < -0.39 is 0 Å². The van der Waals surface area contributed by atoms with Crippen LogP contribution in [0.2, 0.25) is 0 Å². The summed E-state index contributed by atoms with van der Waals surface area (Å²) in [4.78, 5) is 11.2. The number of aromatic hydroxyl groups is 1. The van der Waals surface area contributed by atoms with Crippen molar-refractivity contribution in [2.75, 3.05) is 18.5 Å². The summed E-state index contributed by atoms with van der Waals surface area (Å²) in [6, 6.07) is 7.42. The maximum Gasteiger partial charge on any atom is 0.165 e. The van der Waals surface area contributed by atoms with Crippen LogP contribution in [0.1, 0.15) is 19.0 Å². The lowest BCUT2D eigenvalue weighted by Gasteiger charge is -2.22. The van der Waals surface area contributed by atoms with E-state index in [1.165, 1.54) is 0 Å². The highest BCUT2D eigenvalue weighted by Crippen LogP contribution is 2.32. The van der Waals surface area contributed by atoms with Crippen LogP contribution in [0.25, 0.3) is 22.5 Å². The van der Waals surface area contributed by atoms with E-state index in [0.717, 1.165) is 29.1 Å². The van der Waals surface area contributed by atoms with E-state index in [9.17, 15) is 5.11 Å². The lowest BCUT2D eigenvalue weighted by molar-refractivity contribution is 0.477. The van der Waals surface area contributed by atoms with Gasteiger partial charge in [-0.15, -0.1) is 0 Å². The molecular weight excluding hydrogens is 340 g/mol. The van der Waals surface area contributed by atoms with Gasteiger partial charge in [-0.1, -0.05) is 13.0 Å². The maximum absolute atomic E-state index is 10.4. The fourth-order valence-corrected chi connectivity index (χ4v) is 2.91. The molecule has 0 aliphatic heterocycles. The largest absolute Gasteiger partial charge is 0.507 e. The normalized spacial score (nSPS) is 12.2. The Morgan fingerprint density at radius 1 is 1.22 bits per heavy atom. The average Bonchev–Trinajstić information content (AvgIpc) is 3.07. The van der Waals surface area contributed by atoms with Gasteiger partial charge in [0.1, 0.15) is 11.6 Å². The molecule has 0 fully saturated rings. The number of hydrogen-bond acceptors (Lipinski definition) is 6. The first kappa shape index (κ1) is 18.8. The van der Waals surface area contributed by atoms with E-state index in [-0.39, 0.29) is 11.8 Å². The molecule has 3 N–H and O–H groups in total. The number of phenols is 1. The Bertz CT molecular complexity index is 936. The number of anilines is 1. The highest BCUT2D eigenvalue weighted by Gasteiger charge is 2.14. The van der Waals surface area contributed by atoms with Gasteiger partial charge in [-0.25, -0.2) is 9.97 Å². The molecule has 7 heteroatoms. The molecule has 0 radical (unpaired) electrons. The van der Waals surface area contributed by atoms with Crippen molar-refractivity contribution in [1.82, 2.24) is 19.7 Å². The Hall–Kier alpha value is -2.93. The molecule has 0 spiro atoms. The van der Waals surface area contributed by atoms with Crippen molar-refractivity contribution < 1.29 is 5.11 Å². The van der Waals surface area contributed by atoms with Crippen molar-refractivity contribution in [3.05, 3.63) is 42.4 Å². The molecule has 2 aromatic heterocycles. The minimum Gasteiger partial charge on any atom is -0.507 e. The summed E-state index contributed by atoms with van der Waals surface area (Å²) in [5.74, 6) is 1.42. The van der Waals surface area contributed by atoms with Crippen LogP contribution in [0.5, 0.6) is 5.75 Å². The van der Waals surface area contributed by atoms with Gasteiger partial charge < -0.3 is 15.7 Å². The number of rotatable bonds is 6. The molecule has 3 aromatic rings. The monoisotopic (exact) mass is 366 g/mol. The summed E-state index contributed by atoms with van der Waals surface area (Å²) in [7, 11) is 3.84. The number of hydrogen-bond donors (Lipinski definition) is 2. The number of aromatic nitrogens is 4. The molecule has 0 amide bonds. The molecule has 3 rings (SSSR count). The lowest BCUT2D eigenvalue weighted by Crippen LogP contribution is -2.35. The van der Waals surface area contributed by atoms with E-state index in [0.29, 0.717) is 17.9 Å². The Morgan fingerprint density at radius 2 is 2.00 bits per heavy atom. The van der Waals surface area contributed by atoms with Gasteiger partial charge in [0.25, 0.3) is 0 Å². The molecule has 142 valence electrons. The van der Waals surface area contributed by atoms with Crippen molar-refractivity contribution in [2.45, 2.75) is 26.3 Å². The van der Waals surface area contributed by atoms with Gasteiger partial charge >= 0.3 is 0 Å². The summed E-state index contributed by atoms with van der Waals surface area (Å²) >= 11 is 0. The van der Waals surface area contributed by atoms with Crippen LogP contribution >= 0.6 is 0 Å². The highest BCUT2D eigenvalue weighted by atomic mass is 16.3. The van der Waals surface area contributed by atoms with Gasteiger partial charge in [0, 0.05) is 50.2 Å². The van der Waals surface area contributed by atoms with Crippen LogP contribution in [-0.2, 0) is 7.05 Å². The van der Waals surface area contributed by atoms with Gasteiger partial charge in [0.05, 0.1) is 11.8 Å². The minimum atomic E-state index is 0.0797. The Labute approximate surface area is 159 Å². The fraction of sp³-hybridized carbons (Fsp3) is 0.350. The van der Waals surface area contributed by atoms with Crippen LogP contribution in [0.3, 0.4) is 0 Å². The van der Waals surface area contributed by atoms with Crippen LogP contribution < -0.4 is 10.6 Å². The summed E-state index contributed by atoms with van der Waals surface area (Å²) in [5.41, 5.74) is 9.42. The van der Waals surface area contributed by atoms with Crippen LogP contribution in [0.15, 0.2) is 36.7 Å². The number of nitrogens with two attached hydrogens (primary N) is 1. The average molecular weight is 366 g/mol. The molecule has 1 aromatic carbocycles. The second-order valence-electron chi connectivity index (χ2n) is 6.87. The first-order chi connectivity index (χ1) is 12.9. The lowest BCUT2D eigenvalue weighted by atomic mass is 10.0. The molecule has 2 heterocycles. The number of likely N-dealkylation sites (N-methyl/N-ethyl adjacent to an activating group) is 1. The third-order valence-corrected chi connectivity index (χ3v) is 4.54. The van der Waals surface area contributed by atoms with Gasteiger partial charge in [0.15, 0.2) is 5.82 Å². The van der Waals surface area contributed by atoms with Gasteiger partial charge in [-0.05, 0) is 31.0 Å². The summed E-state index contributed by atoms with van der Waals surface area (Å²) < 4.78 is 1.75. The molecule has 1 atom stereocenters. The molecular formula is C20H26N6O. The summed E-state index contributed by atoms with van der Waals surface area (Å²) in [5, 5.41) is 14.6. The zero-order valence-electron chi connectivity index (χ0n) is 16.2. The number of phenolic OH excluding ortho intramolecular Hbond substituents is 1. The van der Waals surface area contributed by atoms with E-state index in [1.807, 2.05) is 50.3 Å². The zero-order valence-corrected chi connectivity index (χ0v) is 16.2. The van der Waals surface area contributed by atoms with Crippen molar-refractivity contribution in [3.63, 3.8) is 0 Å². The number of nitrogens with zero attached hydrogens (tertiary/aromatic N) is 5. The summed E-state index contributed by atoms with van der Waals surface area (Å²) in [6.45, 7) is 4.69. The van der Waals surface area contributed by atoms with E-state index in [1.54, 1.807) is 16.9 Å². The van der Waals surface area contributed by atoms with Crippen LogP contribution in [0.4, 0.5) is 5.82 Å². The molecule has 1 unspecified atom stereocenters. The predicted octanol–water partition coefficient (Wildman–Crippen LogP) is 2.73. The second kappa shape index (κ2) is 7.75. The smallest absolute Gasteiger partial charge is 0.165 e. The quantitative estimate of drug-likeness (QED) is 0.697. The highest BCUT2D eigenvalue weighted by molar-refractivity contribution is 5.74. The third-order valence-electron chi connectivity index (χ3n) is 4.54. The van der Waals surface area contributed by atoms with Crippen molar-refractivity contribution in [1.29, 1.82) is 0 Å². The maximum atomic E-state index is 10.4.